The fourth-order valence-electron chi connectivity index (χ4n) is 10.6. The van der Waals surface area contributed by atoms with Crippen LogP contribution >= 0.6 is 0 Å². The summed E-state index contributed by atoms with van der Waals surface area (Å²) in [5.41, 5.74) is 21.7. The molecule has 7 aromatic carbocycles. The Morgan fingerprint density at radius 1 is 0.360 bits per heavy atom. The topological polar surface area (TPSA) is 0 Å². The number of benzene rings is 7. The standard InChI is InChI=1S/C19H22.C18H26.C13H18.3C12H16/c1-4-15(3)18-11-12-19(17(5-2)14-18)13-16-9-7-6-8-10-16;1-4-14(3)17-11-12-18(15(5-2)13-17)16-9-7-6-8-10-16;1-5-10(3)13-8-7-11(4)12(6-2)9-13;1-4-10(3)12-8-6-11(5-2)7-9-12;1-4-10(3)12-8-6-7-11(5-2)9-12;1-4-10(3)12-9-7-6-8-11(12)5-2/h5-12,14-15H,2,4,13H2,1,3H3;5,11-14,16H,2,4,6-10H2,1,3H3;6-10H,2,5H2,1,3-4H3;3*5-10H,2,4H2,1,3H3. The van der Waals surface area contributed by atoms with Crippen molar-refractivity contribution in [1.29, 1.82) is 0 Å². The minimum Gasteiger partial charge on any atom is -0.0985 e. The van der Waals surface area contributed by atoms with E-state index in [0.29, 0.717) is 35.5 Å². The second-order valence-electron chi connectivity index (χ2n) is 24.0. The van der Waals surface area contributed by atoms with Crippen molar-refractivity contribution in [3.05, 3.63) is 286 Å². The van der Waals surface area contributed by atoms with Crippen LogP contribution in [0.25, 0.3) is 36.5 Å². The lowest BCUT2D eigenvalue weighted by Crippen LogP contribution is -2.06. The fourth-order valence-corrected chi connectivity index (χ4v) is 10.6. The first-order valence-corrected chi connectivity index (χ1v) is 33.0. The highest BCUT2D eigenvalue weighted by Crippen LogP contribution is 2.36. The molecule has 1 aliphatic carbocycles. The lowest BCUT2D eigenvalue weighted by Gasteiger charge is -2.24. The van der Waals surface area contributed by atoms with Gasteiger partial charge in [0.2, 0.25) is 0 Å². The van der Waals surface area contributed by atoms with Crippen molar-refractivity contribution in [2.75, 3.05) is 0 Å². The van der Waals surface area contributed by atoms with E-state index in [-0.39, 0.29) is 0 Å². The van der Waals surface area contributed by atoms with Gasteiger partial charge in [-0.05, 0) is 195 Å². The van der Waals surface area contributed by atoms with Crippen LogP contribution in [0.15, 0.2) is 197 Å². The molecule has 0 aliphatic heterocycles. The molecule has 0 saturated heterocycles. The normalized spacial score (nSPS) is 13.7. The Bertz CT molecular complexity index is 3060. The summed E-state index contributed by atoms with van der Waals surface area (Å²) in [7, 11) is 0. The Labute approximate surface area is 528 Å². The maximum Gasteiger partial charge on any atom is -0.00198 e. The Balaban J connectivity index is 0.000000273. The van der Waals surface area contributed by atoms with Gasteiger partial charge in [0, 0.05) is 0 Å². The average molecular weight is 1150 g/mol. The van der Waals surface area contributed by atoms with Gasteiger partial charge in [-0.2, -0.15) is 0 Å². The van der Waals surface area contributed by atoms with Crippen molar-refractivity contribution in [3.63, 3.8) is 0 Å². The Morgan fingerprint density at radius 2 is 0.802 bits per heavy atom. The van der Waals surface area contributed by atoms with Crippen LogP contribution < -0.4 is 0 Å². The van der Waals surface area contributed by atoms with Crippen LogP contribution in [0.3, 0.4) is 0 Å². The molecule has 0 spiro atoms. The van der Waals surface area contributed by atoms with E-state index in [0.717, 1.165) is 12.3 Å². The van der Waals surface area contributed by atoms with Crippen LogP contribution in [0, 0.1) is 6.92 Å². The van der Waals surface area contributed by atoms with Gasteiger partial charge in [-0.3, -0.25) is 0 Å². The number of hydrogen-bond donors (Lipinski definition) is 0. The SMILES string of the molecule is C=Cc1cc(C(C)CC)ccc1C.C=Cc1cc(C(C)CC)ccc1C1CCCCC1.C=Cc1cc(C(C)CC)ccc1Cc1ccccc1.C=Cc1ccc(C(C)CC)cc1.C=Cc1cccc(C(C)CC)c1.C=Cc1ccccc1C(C)CC. The van der Waals surface area contributed by atoms with Gasteiger partial charge in [-0.15, -0.1) is 0 Å². The molecule has 86 heavy (non-hydrogen) atoms. The predicted octanol–water partition coefficient (Wildman–Crippen LogP) is 27.0. The molecule has 0 radical (unpaired) electrons. The van der Waals surface area contributed by atoms with Gasteiger partial charge in [-0.1, -0.05) is 336 Å². The predicted molar refractivity (Wildman–Crippen MR) is 391 cm³/mol. The van der Waals surface area contributed by atoms with E-state index >= 15 is 0 Å². The maximum atomic E-state index is 4.01. The second-order valence-corrected chi connectivity index (χ2v) is 24.0. The Hall–Kier alpha value is -7.02. The van der Waals surface area contributed by atoms with E-state index < -0.39 is 0 Å². The first-order valence-electron chi connectivity index (χ1n) is 33.0. The van der Waals surface area contributed by atoms with E-state index in [1.165, 1.54) is 160 Å². The average Bonchev–Trinajstić information content (AvgIpc) is 3.29. The fraction of sp³-hybridized carbons (Fsp3) is 0.372. The zero-order chi connectivity index (χ0) is 63.4. The van der Waals surface area contributed by atoms with Crippen LogP contribution in [0.2, 0.25) is 0 Å². The highest BCUT2D eigenvalue weighted by Gasteiger charge is 2.18. The van der Waals surface area contributed by atoms with Crippen molar-refractivity contribution in [1.82, 2.24) is 0 Å². The van der Waals surface area contributed by atoms with Crippen molar-refractivity contribution < 1.29 is 0 Å². The quantitative estimate of drug-likeness (QED) is 0.0673. The third-order valence-electron chi connectivity index (χ3n) is 18.1. The van der Waals surface area contributed by atoms with Gasteiger partial charge >= 0.3 is 0 Å². The largest absolute Gasteiger partial charge is 0.0985 e. The molecule has 0 N–H and O–H groups in total. The van der Waals surface area contributed by atoms with Gasteiger partial charge in [0.15, 0.2) is 0 Å². The lowest BCUT2D eigenvalue weighted by atomic mass is 9.81. The zero-order valence-electron chi connectivity index (χ0n) is 56.2. The monoisotopic (exact) mass is 1150 g/mol. The Kier molecular flexibility index (Phi) is 35.0. The summed E-state index contributed by atoms with van der Waals surface area (Å²) in [6, 6.07) is 56.8. The molecule has 0 aromatic heterocycles. The smallest absolute Gasteiger partial charge is 0.00198 e. The zero-order valence-corrected chi connectivity index (χ0v) is 56.2. The highest BCUT2D eigenvalue weighted by molar-refractivity contribution is 5.57. The van der Waals surface area contributed by atoms with E-state index in [1.807, 2.05) is 30.4 Å². The van der Waals surface area contributed by atoms with Crippen molar-refractivity contribution in [3.8, 4) is 0 Å². The number of rotatable bonds is 21. The van der Waals surface area contributed by atoms with Crippen molar-refractivity contribution in [2.24, 2.45) is 0 Å². The summed E-state index contributed by atoms with van der Waals surface area (Å²) in [5.74, 6) is 4.67. The van der Waals surface area contributed by atoms with E-state index in [2.05, 4.69) is 293 Å². The second kappa shape index (κ2) is 41.1. The molecule has 0 heterocycles. The van der Waals surface area contributed by atoms with Crippen LogP contribution in [0.5, 0.6) is 0 Å². The van der Waals surface area contributed by atoms with Gasteiger partial charge in [0.1, 0.15) is 0 Å². The molecule has 0 bridgehead atoms. The molecule has 1 saturated carbocycles. The van der Waals surface area contributed by atoms with Crippen LogP contribution in [-0.2, 0) is 6.42 Å². The molecule has 6 atom stereocenters. The molecular weight excluding hydrogens is 1030 g/mol. The third kappa shape index (κ3) is 24.4. The molecule has 6 unspecified atom stereocenters. The molecule has 458 valence electrons. The molecule has 8 rings (SSSR count). The van der Waals surface area contributed by atoms with Gasteiger partial charge < -0.3 is 0 Å². The van der Waals surface area contributed by atoms with Crippen LogP contribution in [-0.4, -0.2) is 0 Å². The molecule has 0 nitrogen and oxygen atoms in total. The highest BCUT2D eigenvalue weighted by atomic mass is 14.2. The van der Waals surface area contributed by atoms with E-state index in [4.69, 9.17) is 0 Å². The molecular formula is C86H114. The maximum absolute atomic E-state index is 4.01. The van der Waals surface area contributed by atoms with E-state index in [9.17, 15) is 0 Å². The summed E-state index contributed by atoms with van der Waals surface area (Å²) in [6.45, 7) is 52.2. The van der Waals surface area contributed by atoms with Gasteiger partial charge in [-0.25, -0.2) is 0 Å². The summed E-state index contributed by atoms with van der Waals surface area (Å²) >= 11 is 0. The van der Waals surface area contributed by atoms with Crippen LogP contribution in [0.1, 0.15) is 284 Å². The molecule has 1 aliphatic rings. The summed E-state index contributed by atoms with van der Waals surface area (Å²) in [4.78, 5) is 0. The summed E-state index contributed by atoms with van der Waals surface area (Å²) < 4.78 is 0. The van der Waals surface area contributed by atoms with Crippen molar-refractivity contribution >= 4 is 36.5 Å². The lowest BCUT2D eigenvalue weighted by molar-refractivity contribution is 0.443. The molecule has 0 heteroatoms. The van der Waals surface area contributed by atoms with Gasteiger partial charge in [0.05, 0.1) is 0 Å². The first kappa shape index (κ1) is 73.2. The molecule has 1 fully saturated rings. The first-order chi connectivity index (χ1) is 41.5. The van der Waals surface area contributed by atoms with Crippen molar-refractivity contribution in [2.45, 2.75) is 208 Å². The summed E-state index contributed by atoms with van der Waals surface area (Å²) in [6.07, 6.45) is 26.7. The van der Waals surface area contributed by atoms with Crippen LogP contribution in [0.4, 0.5) is 0 Å². The number of aryl methyl sites for hydroxylation is 1. The Morgan fingerprint density at radius 3 is 1.31 bits per heavy atom. The third-order valence-corrected chi connectivity index (χ3v) is 18.1. The van der Waals surface area contributed by atoms with E-state index in [1.54, 1.807) is 0 Å². The minimum absolute atomic E-state index is 0.615. The summed E-state index contributed by atoms with van der Waals surface area (Å²) in [5, 5.41) is 0. The minimum atomic E-state index is 0.615. The van der Waals surface area contributed by atoms with Gasteiger partial charge in [0.25, 0.3) is 0 Å². The number of hydrogen-bond acceptors (Lipinski definition) is 0. The molecule has 0 amide bonds. The molecule has 7 aromatic rings.